The first kappa shape index (κ1) is 10.7. The van der Waals surface area contributed by atoms with Crippen LogP contribution in [0.5, 0.6) is 0 Å². The number of thiazole rings is 1. The average Bonchev–Trinajstić information content (AvgIpc) is 2.68. The number of rotatable bonds is 0. The predicted molar refractivity (Wildman–Crippen MR) is 61.3 cm³/mol. The first-order chi connectivity index (χ1) is 6.29. The molecule has 0 spiro atoms. The molecular weight excluding hydrogens is 270 g/mol. The van der Waals surface area contributed by atoms with Crippen LogP contribution in [0.15, 0.2) is 45.8 Å². The molecule has 1 heterocycles. The van der Waals surface area contributed by atoms with Crippen LogP contribution >= 0.6 is 38.9 Å². The topological polar surface area (TPSA) is 12.9 Å². The van der Waals surface area contributed by atoms with Crippen molar-refractivity contribution in [3.05, 3.63) is 50.8 Å². The molecule has 0 radical (unpaired) electrons. The SMILES string of the molecule is Clc1ccc(Br)cc1.c1cscn1. The highest BCUT2D eigenvalue weighted by molar-refractivity contribution is 9.10. The third-order valence-electron chi connectivity index (χ3n) is 1.15. The molecule has 2 aromatic rings. The summed E-state index contributed by atoms with van der Waals surface area (Å²) in [5.41, 5.74) is 1.79. The first-order valence-electron chi connectivity index (χ1n) is 3.52. The van der Waals surface area contributed by atoms with Crippen molar-refractivity contribution in [3.63, 3.8) is 0 Å². The highest BCUT2D eigenvalue weighted by atomic mass is 79.9. The smallest absolute Gasteiger partial charge is 0.0791 e. The molecule has 0 aliphatic rings. The standard InChI is InChI=1S/C6H4BrCl.C3H3NS/c7-5-1-3-6(8)4-2-5;1-2-5-3-4-1/h1-4H;1-3H. The van der Waals surface area contributed by atoms with E-state index in [1.165, 1.54) is 0 Å². The van der Waals surface area contributed by atoms with Gasteiger partial charge in [0.05, 0.1) is 5.51 Å². The van der Waals surface area contributed by atoms with Crippen LogP contribution in [0.2, 0.25) is 5.02 Å². The molecule has 0 aliphatic carbocycles. The van der Waals surface area contributed by atoms with Gasteiger partial charge in [-0.15, -0.1) is 11.3 Å². The molecule has 1 aromatic carbocycles. The third-order valence-corrected chi connectivity index (χ3v) is 2.45. The second-order valence-corrected chi connectivity index (χ2v) is 4.22. The van der Waals surface area contributed by atoms with E-state index in [1.807, 2.05) is 29.6 Å². The molecule has 0 bridgehead atoms. The van der Waals surface area contributed by atoms with Gasteiger partial charge in [0.25, 0.3) is 0 Å². The Morgan fingerprint density at radius 2 is 1.92 bits per heavy atom. The summed E-state index contributed by atoms with van der Waals surface area (Å²) in [5, 5.41) is 2.70. The Kier molecular flexibility index (Phi) is 5.05. The van der Waals surface area contributed by atoms with Gasteiger partial charge < -0.3 is 0 Å². The number of benzene rings is 1. The molecule has 1 nitrogen and oxygen atoms in total. The van der Waals surface area contributed by atoms with Gasteiger partial charge in [-0.05, 0) is 24.3 Å². The summed E-state index contributed by atoms with van der Waals surface area (Å²) in [6.45, 7) is 0. The minimum Gasteiger partial charge on any atom is -0.253 e. The summed E-state index contributed by atoms with van der Waals surface area (Å²) >= 11 is 10.5. The van der Waals surface area contributed by atoms with Gasteiger partial charge in [0.15, 0.2) is 0 Å². The molecule has 0 atom stereocenters. The largest absolute Gasteiger partial charge is 0.253 e. The second kappa shape index (κ2) is 6.13. The monoisotopic (exact) mass is 275 g/mol. The van der Waals surface area contributed by atoms with E-state index in [0.29, 0.717) is 0 Å². The van der Waals surface area contributed by atoms with Gasteiger partial charge in [0, 0.05) is 21.1 Å². The normalized spacial score (nSPS) is 8.77. The molecule has 0 fully saturated rings. The van der Waals surface area contributed by atoms with Crippen LogP contribution in [-0.2, 0) is 0 Å². The molecule has 0 saturated carbocycles. The predicted octanol–water partition coefficient (Wildman–Crippen LogP) is 4.25. The Bertz CT molecular complexity index is 282. The van der Waals surface area contributed by atoms with Gasteiger partial charge in [0.1, 0.15) is 0 Å². The van der Waals surface area contributed by atoms with Crippen molar-refractivity contribution in [2.24, 2.45) is 0 Å². The fourth-order valence-corrected chi connectivity index (χ4v) is 1.35. The van der Waals surface area contributed by atoms with E-state index >= 15 is 0 Å². The van der Waals surface area contributed by atoms with Crippen LogP contribution in [0.25, 0.3) is 0 Å². The third kappa shape index (κ3) is 5.03. The summed E-state index contributed by atoms with van der Waals surface area (Å²) in [5.74, 6) is 0. The summed E-state index contributed by atoms with van der Waals surface area (Å²) in [4.78, 5) is 3.74. The average molecular weight is 277 g/mol. The zero-order valence-electron chi connectivity index (χ0n) is 6.65. The summed E-state index contributed by atoms with van der Waals surface area (Å²) in [6.07, 6.45) is 1.77. The van der Waals surface area contributed by atoms with Crippen molar-refractivity contribution in [2.75, 3.05) is 0 Å². The number of nitrogens with zero attached hydrogens (tertiary/aromatic N) is 1. The quantitative estimate of drug-likeness (QED) is 0.701. The van der Waals surface area contributed by atoms with Crippen LogP contribution in [0.4, 0.5) is 0 Å². The number of hydrogen-bond acceptors (Lipinski definition) is 2. The van der Waals surface area contributed by atoms with Crippen LogP contribution in [0, 0.1) is 0 Å². The van der Waals surface area contributed by atoms with E-state index in [4.69, 9.17) is 11.6 Å². The molecular formula is C9H7BrClNS. The maximum Gasteiger partial charge on any atom is 0.0791 e. The van der Waals surface area contributed by atoms with E-state index in [9.17, 15) is 0 Å². The molecule has 68 valence electrons. The molecule has 0 aliphatic heterocycles. The molecule has 0 unspecified atom stereocenters. The van der Waals surface area contributed by atoms with Crippen molar-refractivity contribution in [3.8, 4) is 0 Å². The van der Waals surface area contributed by atoms with E-state index < -0.39 is 0 Å². The van der Waals surface area contributed by atoms with Crippen molar-refractivity contribution in [1.82, 2.24) is 4.98 Å². The van der Waals surface area contributed by atoms with Gasteiger partial charge in [-0.1, -0.05) is 27.5 Å². The van der Waals surface area contributed by atoms with Crippen molar-refractivity contribution >= 4 is 38.9 Å². The lowest BCUT2D eigenvalue weighted by Crippen LogP contribution is -1.61. The Labute approximate surface area is 94.5 Å². The van der Waals surface area contributed by atoms with Crippen LogP contribution in [-0.4, -0.2) is 4.98 Å². The van der Waals surface area contributed by atoms with Crippen LogP contribution in [0.1, 0.15) is 0 Å². The van der Waals surface area contributed by atoms with E-state index in [2.05, 4.69) is 20.9 Å². The van der Waals surface area contributed by atoms with Gasteiger partial charge in [-0.25, -0.2) is 0 Å². The molecule has 4 heteroatoms. The second-order valence-electron chi connectivity index (χ2n) is 2.11. The van der Waals surface area contributed by atoms with Gasteiger partial charge in [-0.3, -0.25) is 4.98 Å². The first-order valence-corrected chi connectivity index (χ1v) is 5.63. The number of aromatic nitrogens is 1. The Balaban J connectivity index is 0.000000145. The van der Waals surface area contributed by atoms with Crippen molar-refractivity contribution in [1.29, 1.82) is 0 Å². The maximum atomic E-state index is 5.59. The molecule has 1 aromatic heterocycles. The number of halogens is 2. The highest BCUT2D eigenvalue weighted by Crippen LogP contribution is 2.13. The molecule has 2 rings (SSSR count). The molecule has 0 N–H and O–H groups in total. The highest BCUT2D eigenvalue weighted by Gasteiger charge is 1.83. The van der Waals surface area contributed by atoms with Crippen LogP contribution in [0.3, 0.4) is 0 Å². The summed E-state index contributed by atoms with van der Waals surface area (Å²) in [7, 11) is 0. The minimum absolute atomic E-state index is 0.771. The van der Waals surface area contributed by atoms with E-state index in [1.54, 1.807) is 23.0 Å². The fraction of sp³-hybridized carbons (Fsp3) is 0. The molecule has 13 heavy (non-hydrogen) atoms. The maximum absolute atomic E-state index is 5.59. The lowest BCUT2D eigenvalue weighted by molar-refractivity contribution is 1.43. The lowest BCUT2D eigenvalue weighted by atomic mass is 10.4. The Morgan fingerprint density at radius 3 is 2.23 bits per heavy atom. The minimum atomic E-state index is 0.771. The van der Waals surface area contributed by atoms with Crippen molar-refractivity contribution in [2.45, 2.75) is 0 Å². The zero-order valence-corrected chi connectivity index (χ0v) is 9.81. The van der Waals surface area contributed by atoms with Crippen molar-refractivity contribution < 1.29 is 0 Å². The van der Waals surface area contributed by atoms with E-state index in [-0.39, 0.29) is 0 Å². The Morgan fingerprint density at radius 1 is 1.23 bits per heavy atom. The van der Waals surface area contributed by atoms with Crippen LogP contribution < -0.4 is 0 Å². The molecule has 0 saturated heterocycles. The lowest BCUT2D eigenvalue weighted by Gasteiger charge is -1.86. The summed E-state index contributed by atoms with van der Waals surface area (Å²) < 4.78 is 1.06. The van der Waals surface area contributed by atoms with Gasteiger partial charge in [0.2, 0.25) is 0 Å². The fourth-order valence-electron chi connectivity index (χ4n) is 0.605. The Hall–Kier alpha value is -0.380. The van der Waals surface area contributed by atoms with E-state index in [0.717, 1.165) is 9.50 Å². The summed E-state index contributed by atoms with van der Waals surface area (Å²) in [6, 6.07) is 7.49. The van der Waals surface area contributed by atoms with Gasteiger partial charge >= 0.3 is 0 Å². The van der Waals surface area contributed by atoms with Gasteiger partial charge in [-0.2, -0.15) is 0 Å². The zero-order chi connectivity index (χ0) is 9.52. The number of hydrogen-bond donors (Lipinski definition) is 0. The molecule has 0 amide bonds.